The predicted octanol–water partition coefficient (Wildman–Crippen LogP) is 16.7. The van der Waals surface area contributed by atoms with Gasteiger partial charge in [-0.15, -0.1) is 11.3 Å². The maximum Gasteiger partial charge on any atom is 0.235 e. The van der Waals surface area contributed by atoms with Crippen LogP contribution in [0.2, 0.25) is 0 Å². The molecule has 3 nitrogen and oxygen atoms in total. The number of hydrogen-bond donors (Lipinski definition) is 0. The number of fused-ring (bicyclic) bond motifs is 15. The van der Waals surface area contributed by atoms with Gasteiger partial charge in [0.05, 0.1) is 22.2 Å². The quantitative estimate of drug-likeness (QED) is 0.165. The summed E-state index contributed by atoms with van der Waals surface area (Å²) in [6, 6.07) is 77.3. The maximum absolute atomic E-state index is 5.66. The van der Waals surface area contributed by atoms with Crippen LogP contribution in [0.4, 0.5) is 0 Å². The van der Waals surface area contributed by atoms with E-state index in [0.717, 1.165) is 44.3 Å². The minimum absolute atomic E-state index is 0.646. The van der Waals surface area contributed by atoms with Gasteiger partial charge in [-0.05, 0) is 78.7 Å². The van der Waals surface area contributed by atoms with Gasteiger partial charge in [0.1, 0.15) is 0 Å². The molecule has 0 aliphatic rings. The molecule has 0 saturated heterocycles. The fraction of sp³-hybridized carbons (Fsp3) is 0. The van der Waals surface area contributed by atoms with Gasteiger partial charge in [0.2, 0.25) is 5.95 Å². The minimum Gasteiger partial charge on any atom is -0.277 e. The molecule has 3 aromatic heterocycles. The molecule has 4 heteroatoms. The van der Waals surface area contributed by atoms with Crippen LogP contribution < -0.4 is 0 Å². The molecule has 0 spiro atoms. The van der Waals surface area contributed by atoms with Crippen LogP contribution in [-0.2, 0) is 0 Å². The molecule has 0 aliphatic heterocycles. The zero-order valence-electron chi connectivity index (χ0n) is 34.5. The maximum atomic E-state index is 5.66. The molecule has 0 unspecified atom stereocenters. The molecular formula is C60H35N3S. The lowest BCUT2D eigenvalue weighted by Gasteiger charge is -2.15. The molecule has 296 valence electrons. The monoisotopic (exact) mass is 829 g/mol. The molecule has 0 N–H and O–H groups in total. The van der Waals surface area contributed by atoms with E-state index in [4.69, 9.17) is 9.97 Å². The highest BCUT2D eigenvalue weighted by Gasteiger charge is 2.24. The Hall–Kier alpha value is -8.18. The first-order valence-corrected chi connectivity index (χ1v) is 22.6. The number of nitrogens with zero attached hydrogens (tertiary/aromatic N) is 3. The zero-order valence-corrected chi connectivity index (χ0v) is 35.3. The summed E-state index contributed by atoms with van der Waals surface area (Å²) in [5, 5.41) is 15.8. The van der Waals surface area contributed by atoms with Gasteiger partial charge in [-0.25, -0.2) is 9.97 Å². The van der Waals surface area contributed by atoms with E-state index in [1.54, 1.807) is 0 Å². The van der Waals surface area contributed by atoms with Gasteiger partial charge >= 0.3 is 0 Å². The molecule has 0 amide bonds. The number of aromatic nitrogens is 3. The smallest absolute Gasteiger partial charge is 0.235 e. The van der Waals surface area contributed by atoms with E-state index in [-0.39, 0.29) is 0 Å². The Labute approximate surface area is 371 Å². The first kappa shape index (κ1) is 35.4. The Morgan fingerprint density at radius 3 is 1.73 bits per heavy atom. The van der Waals surface area contributed by atoms with Crippen molar-refractivity contribution in [3.63, 3.8) is 0 Å². The molecule has 11 aromatic carbocycles. The third kappa shape index (κ3) is 5.15. The standard InChI is InChI=1S/C60H35N3S/c1-3-16-41-36(13-1)15-11-23-42(41)38-27-29-39(30-28-38)57-49-22-9-10-26-52(49)61-60(62-57)63-58-44(40-32-33-53-51(35-40)55-43-17-4-2-14-37(43)31-34-54(55)64-53)24-12-25-50(58)56-47-20-7-5-18-45(47)46-19-6-8-21-48(46)59(56)63/h1-35H. The Morgan fingerprint density at radius 1 is 0.328 bits per heavy atom. The average molecular weight is 830 g/mol. The second-order valence-corrected chi connectivity index (χ2v) is 17.9. The summed E-state index contributed by atoms with van der Waals surface area (Å²) in [4.78, 5) is 11.2. The number of rotatable bonds is 4. The van der Waals surface area contributed by atoms with Crippen molar-refractivity contribution in [1.29, 1.82) is 0 Å². The van der Waals surface area contributed by atoms with Crippen molar-refractivity contribution in [1.82, 2.24) is 14.5 Å². The Bertz CT molecular complexity index is 4250. The second kappa shape index (κ2) is 13.7. The fourth-order valence-electron chi connectivity index (χ4n) is 10.5. The van der Waals surface area contributed by atoms with Crippen LogP contribution in [0.1, 0.15) is 0 Å². The van der Waals surface area contributed by atoms with Crippen molar-refractivity contribution >= 4 is 107 Å². The largest absolute Gasteiger partial charge is 0.277 e. The van der Waals surface area contributed by atoms with Gasteiger partial charge in [-0.2, -0.15) is 0 Å². The molecule has 0 saturated carbocycles. The fourth-order valence-corrected chi connectivity index (χ4v) is 11.6. The van der Waals surface area contributed by atoms with Crippen LogP contribution in [0.25, 0.3) is 135 Å². The van der Waals surface area contributed by atoms with Crippen molar-refractivity contribution in [2.75, 3.05) is 0 Å². The number of hydrogen-bond acceptors (Lipinski definition) is 3. The molecule has 14 aromatic rings. The molecule has 0 aliphatic carbocycles. The first-order chi connectivity index (χ1) is 31.7. The van der Waals surface area contributed by atoms with E-state index in [0.29, 0.717) is 5.95 Å². The molecule has 0 bridgehead atoms. The highest BCUT2D eigenvalue weighted by atomic mass is 32.1. The van der Waals surface area contributed by atoms with E-state index < -0.39 is 0 Å². The molecule has 3 heterocycles. The normalized spacial score (nSPS) is 12.1. The van der Waals surface area contributed by atoms with Crippen molar-refractivity contribution < 1.29 is 0 Å². The predicted molar refractivity (Wildman–Crippen MR) is 273 cm³/mol. The molecule has 14 rings (SSSR count). The van der Waals surface area contributed by atoms with Gasteiger partial charge in [0.15, 0.2) is 0 Å². The summed E-state index contributed by atoms with van der Waals surface area (Å²) >= 11 is 1.87. The highest BCUT2D eigenvalue weighted by Crippen LogP contribution is 2.47. The molecule has 0 fully saturated rings. The van der Waals surface area contributed by atoms with Crippen molar-refractivity contribution in [2.45, 2.75) is 0 Å². The highest BCUT2D eigenvalue weighted by molar-refractivity contribution is 7.26. The summed E-state index contributed by atoms with van der Waals surface area (Å²) < 4.78 is 4.97. The van der Waals surface area contributed by atoms with Crippen LogP contribution in [0, 0.1) is 0 Å². The van der Waals surface area contributed by atoms with E-state index in [9.17, 15) is 0 Å². The van der Waals surface area contributed by atoms with Crippen LogP contribution in [0.15, 0.2) is 212 Å². The van der Waals surface area contributed by atoms with Gasteiger partial charge in [-0.3, -0.25) is 4.57 Å². The molecule has 0 atom stereocenters. The lowest BCUT2D eigenvalue weighted by molar-refractivity contribution is 1.02. The summed E-state index contributed by atoms with van der Waals surface area (Å²) in [6.45, 7) is 0. The van der Waals surface area contributed by atoms with Crippen molar-refractivity contribution in [3.05, 3.63) is 212 Å². The van der Waals surface area contributed by atoms with E-state index in [1.165, 1.54) is 85.2 Å². The van der Waals surface area contributed by atoms with Gasteiger partial charge < -0.3 is 0 Å². The van der Waals surface area contributed by atoms with Crippen molar-refractivity contribution in [3.8, 4) is 39.5 Å². The number of thiophene rings is 1. The Balaban J connectivity index is 1.08. The van der Waals surface area contributed by atoms with E-state index in [2.05, 4.69) is 217 Å². The number of para-hydroxylation sites is 2. The van der Waals surface area contributed by atoms with Gasteiger partial charge in [0, 0.05) is 52.8 Å². The van der Waals surface area contributed by atoms with Crippen LogP contribution in [0.5, 0.6) is 0 Å². The minimum atomic E-state index is 0.646. The summed E-state index contributed by atoms with van der Waals surface area (Å²) in [6.07, 6.45) is 0. The summed E-state index contributed by atoms with van der Waals surface area (Å²) in [7, 11) is 0. The van der Waals surface area contributed by atoms with E-state index in [1.807, 2.05) is 11.3 Å². The lowest BCUT2D eigenvalue weighted by Crippen LogP contribution is -2.04. The van der Waals surface area contributed by atoms with Gasteiger partial charge in [-0.1, -0.05) is 188 Å². The zero-order chi connectivity index (χ0) is 41.9. The lowest BCUT2D eigenvalue weighted by atomic mass is 9.95. The van der Waals surface area contributed by atoms with Crippen LogP contribution in [-0.4, -0.2) is 14.5 Å². The Kier molecular flexibility index (Phi) is 7.56. The summed E-state index contributed by atoms with van der Waals surface area (Å²) in [5.74, 6) is 0.646. The molecular weight excluding hydrogens is 795 g/mol. The second-order valence-electron chi connectivity index (χ2n) is 16.8. The molecule has 0 radical (unpaired) electrons. The topological polar surface area (TPSA) is 30.7 Å². The van der Waals surface area contributed by atoms with Crippen LogP contribution in [0.3, 0.4) is 0 Å². The third-order valence-corrected chi connectivity index (χ3v) is 14.5. The van der Waals surface area contributed by atoms with Crippen molar-refractivity contribution in [2.24, 2.45) is 0 Å². The molecule has 64 heavy (non-hydrogen) atoms. The van der Waals surface area contributed by atoms with Crippen LogP contribution >= 0.6 is 11.3 Å². The Morgan fingerprint density at radius 2 is 0.906 bits per heavy atom. The van der Waals surface area contributed by atoms with Gasteiger partial charge in [0.25, 0.3) is 0 Å². The average Bonchev–Trinajstić information content (AvgIpc) is 3.93. The SMILES string of the molecule is c1ccc2c(-c3ccc(-c4nc(-n5c6c(-c7ccc8sc9ccc%10ccccc%10c9c8c7)cccc6c6c7ccccc7c7ccccc7c65)nc5ccccc45)cc3)cccc2c1. The third-order valence-electron chi connectivity index (χ3n) is 13.4. The van der Waals surface area contributed by atoms with E-state index >= 15 is 0 Å². The summed E-state index contributed by atoms with van der Waals surface area (Å²) in [5.41, 5.74) is 9.74. The number of benzene rings is 11. The first-order valence-electron chi connectivity index (χ1n) is 21.8.